The lowest BCUT2D eigenvalue weighted by atomic mass is 10.2. The quantitative estimate of drug-likeness (QED) is 0.288. The molecule has 9 heteroatoms. The predicted molar refractivity (Wildman–Crippen MR) is 90.8 cm³/mol. The molecule has 1 aromatic heterocycles. The molecule has 2 N–H and O–H groups in total. The van der Waals surface area contributed by atoms with Crippen LogP contribution in [0.15, 0.2) is 46.9 Å². The molecule has 0 unspecified atom stereocenters. The van der Waals surface area contributed by atoms with Crippen LogP contribution in [0.5, 0.6) is 5.75 Å². The number of hydrogen-bond acceptors (Lipinski definition) is 7. The van der Waals surface area contributed by atoms with Crippen LogP contribution in [0.2, 0.25) is 0 Å². The zero-order chi connectivity index (χ0) is 18.5. The van der Waals surface area contributed by atoms with Gasteiger partial charge in [-0.15, -0.1) is 0 Å². The average molecular weight is 357 g/mol. The number of carbonyl (C=O) groups is 1. The SMILES string of the molecule is O=C(CCCOc1ccc(-c2nc3ccc([N+](=O)[O-])cc3o2)cc1)NO. The Morgan fingerprint density at radius 1 is 1.27 bits per heavy atom. The monoisotopic (exact) mass is 357 g/mol. The highest BCUT2D eigenvalue weighted by molar-refractivity contribution is 5.78. The second-order valence-corrected chi connectivity index (χ2v) is 5.44. The molecule has 0 saturated heterocycles. The number of hydrogen-bond donors (Lipinski definition) is 2. The molecular weight excluding hydrogens is 342 g/mol. The van der Waals surface area contributed by atoms with E-state index in [1.807, 2.05) is 0 Å². The summed E-state index contributed by atoms with van der Waals surface area (Å²) in [6.45, 7) is 0.333. The molecule has 134 valence electrons. The molecule has 0 radical (unpaired) electrons. The third kappa shape index (κ3) is 3.95. The summed E-state index contributed by atoms with van der Waals surface area (Å²) in [5.74, 6) is 0.511. The minimum Gasteiger partial charge on any atom is -0.494 e. The molecule has 0 bridgehead atoms. The van der Waals surface area contributed by atoms with Crippen LogP contribution in [-0.4, -0.2) is 27.6 Å². The van der Waals surface area contributed by atoms with Gasteiger partial charge in [-0.05, 0) is 36.8 Å². The van der Waals surface area contributed by atoms with Crippen molar-refractivity contribution >= 4 is 22.7 Å². The van der Waals surface area contributed by atoms with Crippen LogP contribution in [-0.2, 0) is 4.79 Å². The Morgan fingerprint density at radius 2 is 2.04 bits per heavy atom. The van der Waals surface area contributed by atoms with Gasteiger partial charge >= 0.3 is 0 Å². The van der Waals surface area contributed by atoms with E-state index in [0.29, 0.717) is 41.3 Å². The first-order valence-electron chi connectivity index (χ1n) is 7.78. The summed E-state index contributed by atoms with van der Waals surface area (Å²) in [4.78, 5) is 25.5. The van der Waals surface area contributed by atoms with Crippen molar-refractivity contribution < 1.29 is 24.1 Å². The van der Waals surface area contributed by atoms with Gasteiger partial charge in [0.25, 0.3) is 5.69 Å². The first-order valence-corrected chi connectivity index (χ1v) is 7.78. The highest BCUT2D eigenvalue weighted by Gasteiger charge is 2.13. The number of hydroxylamine groups is 1. The lowest BCUT2D eigenvalue weighted by molar-refractivity contribution is -0.384. The fraction of sp³-hybridized carbons (Fsp3) is 0.176. The summed E-state index contributed by atoms with van der Waals surface area (Å²) in [7, 11) is 0. The molecule has 3 aromatic rings. The molecule has 9 nitrogen and oxygen atoms in total. The molecule has 0 spiro atoms. The summed E-state index contributed by atoms with van der Waals surface area (Å²) in [5, 5.41) is 19.2. The minimum absolute atomic E-state index is 0.0566. The van der Waals surface area contributed by atoms with E-state index in [9.17, 15) is 14.9 Å². The highest BCUT2D eigenvalue weighted by Crippen LogP contribution is 2.28. The smallest absolute Gasteiger partial charge is 0.273 e. The first-order chi connectivity index (χ1) is 12.6. The number of amides is 1. The fourth-order valence-electron chi connectivity index (χ4n) is 2.32. The summed E-state index contributed by atoms with van der Waals surface area (Å²) >= 11 is 0. The van der Waals surface area contributed by atoms with E-state index in [0.717, 1.165) is 0 Å². The molecule has 0 fully saturated rings. The average Bonchev–Trinajstić information content (AvgIpc) is 3.08. The molecule has 0 aliphatic heterocycles. The summed E-state index contributed by atoms with van der Waals surface area (Å²) < 4.78 is 11.1. The van der Waals surface area contributed by atoms with Crippen molar-refractivity contribution in [2.45, 2.75) is 12.8 Å². The second kappa shape index (κ2) is 7.62. The van der Waals surface area contributed by atoms with Gasteiger partial charge < -0.3 is 9.15 Å². The van der Waals surface area contributed by atoms with Gasteiger partial charge in [-0.25, -0.2) is 10.5 Å². The molecule has 1 heterocycles. The summed E-state index contributed by atoms with van der Waals surface area (Å²) in [6, 6.07) is 11.2. The van der Waals surface area contributed by atoms with Gasteiger partial charge in [0.2, 0.25) is 11.8 Å². The maximum Gasteiger partial charge on any atom is 0.273 e. The Balaban J connectivity index is 1.67. The molecule has 0 aliphatic rings. The Bertz CT molecular complexity index is 935. The molecule has 3 rings (SSSR count). The Labute approximate surface area is 147 Å². The molecule has 1 amide bonds. The van der Waals surface area contributed by atoms with Gasteiger partial charge in [-0.3, -0.25) is 20.1 Å². The van der Waals surface area contributed by atoms with E-state index >= 15 is 0 Å². The van der Waals surface area contributed by atoms with Crippen LogP contribution in [0.3, 0.4) is 0 Å². The van der Waals surface area contributed by atoms with E-state index in [1.54, 1.807) is 35.8 Å². The van der Waals surface area contributed by atoms with E-state index in [4.69, 9.17) is 14.4 Å². The Hall–Kier alpha value is -3.46. The van der Waals surface area contributed by atoms with Crippen molar-refractivity contribution in [1.29, 1.82) is 0 Å². The van der Waals surface area contributed by atoms with Crippen molar-refractivity contribution in [1.82, 2.24) is 10.5 Å². The van der Waals surface area contributed by atoms with Crippen LogP contribution in [0.1, 0.15) is 12.8 Å². The number of rotatable bonds is 7. The number of carbonyl (C=O) groups excluding carboxylic acids is 1. The van der Waals surface area contributed by atoms with E-state index in [1.165, 1.54) is 12.1 Å². The van der Waals surface area contributed by atoms with E-state index in [-0.39, 0.29) is 12.1 Å². The maximum absolute atomic E-state index is 10.9. The van der Waals surface area contributed by atoms with Gasteiger partial charge in [-0.1, -0.05) is 0 Å². The maximum atomic E-state index is 10.9. The Kier molecular flexibility index (Phi) is 5.09. The fourth-order valence-corrected chi connectivity index (χ4v) is 2.32. The number of ether oxygens (including phenoxy) is 1. The van der Waals surface area contributed by atoms with Crippen LogP contribution in [0.25, 0.3) is 22.6 Å². The molecule has 0 saturated carbocycles. The minimum atomic E-state index is -0.488. The Morgan fingerprint density at radius 3 is 2.73 bits per heavy atom. The molecule has 2 aromatic carbocycles. The summed E-state index contributed by atoms with van der Waals surface area (Å²) in [6.07, 6.45) is 0.641. The van der Waals surface area contributed by atoms with Crippen LogP contribution in [0, 0.1) is 10.1 Å². The predicted octanol–water partition coefficient (Wildman–Crippen LogP) is 3.07. The molecule has 0 aliphatic carbocycles. The van der Waals surface area contributed by atoms with Crippen molar-refractivity contribution in [2.24, 2.45) is 0 Å². The lowest BCUT2D eigenvalue weighted by Gasteiger charge is -2.05. The number of benzene rings is 2. The number of oxazole rings is 1. The number of nitrogens with zero attached hydrogens (tertiary/aromatic N) is 2. The standard InChI is InChI=1S/C17H15N3O6/c21-16(19-22)2-1-9-25-13-6-3-11(4-7-13)17-18-14-8-5-12(20(23)24)10-15(14)26-17/h3-8,10,22H,1-2,9H2,(H,19,21). The normalized spacial score (nSPS) is 10.7. The van der Waals surface area contributed by atoms with Gasteiger partial charge in [0.1, 0.15) is 11.3 Å². The largest absolute Gasteiger partial charge is 0.494 e. The van der Waals surface area contributed by atoms with Gasteiger partial charge in [0.05, 0.1) is 17.6 Å². The number of nitrogens with one attached hydrogen (secondary N) is 1. The van der Waals surface area contributed by atoms with Crippen molar-refractivity contribution in [3.05, 3.63) is 52.6 Å². The summed E-state index contributed by atoms with van der Waals surface area (Å²) in [5.41, 5.74) is 3.09. The lowest BCUT2D eigenvalue weighted by Crippen LogP contribution is -2.18. The van der Waals surface area contributed by atoms with Crippen LogP contribution < -0.4 is 10.2 Å². The molecule has 26 heavy (non-hydrogen) atoms. The van der Waals surface area contributed by atoms with E-state index in [2.05, 4.69) is 4.98 Å². The number of nitro benzene ring substituents is 1. The van der Waals surface area contributed by atoms with Gasteiger partial charge in [0, 0.05) is 18.1 Å². The number of non-ortho nitro benzene ring substituents is 1. The third-order valence-electron chi connectivity index (χ3n) is 3.63. The number of fused-ring (bicyclic) bond motifs is 1. The number of nitro groups is 1. The molecular formula is C17H15N3O6. The second-order valence-electron chi connectivity index (χ2n) is 5.44. The van der Waals surface area contributed by atoms with Gasteiger partial charge in [-0.2, -0.15) is 0 Å². The van der Waals surface area contributed by atoms with Crippen molar-refractivity contribution in [3.8, 4) is 17.2 Å². The van der Waals surface area contributed by atoms with Gasteiger partial charge in [0.15, 0.2) is 5.58 Å². The third-order valence-corrected chi connectivity index (χ3v) is 3.63. The van der Waals surface area contributed by atoms with Crippen molar-refractivity contribution in [3.63, 3.8) is 0 Å². The zero-order valence-electron chi connectivity index (χ0n) is 13.5. The van der Waals surface area contributed by atoms with Crippen LogP contribution >= 0.6 is 0 Å². The topological polar surface area (TPSA) is 128 Å². The number of aromatic nitrogens is 1. The molecule has 0 atom stereocenters. The van der Waals surface area contributed by atoms with Crippen molar-refractivity contribution in [2.75, 3.05) is 6.61 Å². The van der Waals surface area contributed by atoms with Crippen LogP contribution in [0.4, 0.5) is 5.69 Å². The zero-order valence-corrected chi connectivity index (χ0v) is 13.5. The first kappa shape index (κ1) is 17.4. The van der Waals surface area contributed by atoms with E-state index < -0.39 is 10.8 Å². The highest BCUT2D eigenvalue weighted by atomic mass is 16.6.